The molecule has 4 rings (SSSR count). The van der Waals surface area contributed by atoms with Crippen molar-refractivity contribution in [2.45, 2.75) is 25.1 Å². The molecule has 4 N–H and O–H groups in total. The van der Waals surface area contributed by atoms with Crippen molar-refractivity contribution in [1.29, 1.82) is 0 Å². The molecule has 1 fully saturated rings. The first-order valence-corrected chi connectivity index (χ1v) is 11.5. The number of aliphatic imine (C=N–C) groups is 1. The fourth-order valence-electron chi connectivity index (χ4n) is 4.31. The van der Waals surface area contributed by atoms with Gasteiger partial charge in [0.1, 0.15) is 11.9 Å². The Hall–Kier alpha value is -3.81. The van der Waals surface area contributed by atoms with Crippen molar-refractivity contribution in [1.82, 2.24) is 4.98 Å². The molecule has 1 aliphatic heterocycles. The molecule has 1 aliphatic rings. The topological polar surface area (TPSA) is 80.5 Å². The number of pyridine rings is 1. The highest BCUT2D eigenvalue weighted by Gasteiger charge is 2.32. The quantitative estimate of drug-likeness (QED) is 0.371. The van der Waals surface area contributed by atoms with Gasteiger partial charge >= 0.3 is 6.18 Å². The van der Waals surface area contributed by atoms with Gasteiger partial charge in [0.05, 0.1) is 17.4 Å². The number of anilines is 1. The number of rotatable bonds is 6. The molecule has 0 atom stereocenters. The van der Waals surface area contributed by atoms with Gasteiger partial charge < -0.3 is 16.4 Å². The molecule has 0 aliphatic carbocycles. The van der Waals surface area contributed by atoms with Gasteiger partial charge in [0, 0.05) is 30.9 Å². The molecule has 0 spiro atoms. The van der Waals surface area contributed by atoms with Gasteiger partial charge in [-0.05, 0) is 36.1 Å². The van der Waals surface area contributed by atoms with Crippen LogP contribution in [0.1, 0.15) is 35.6 Å². The summed E-state index contributed by atoms with van der Waals surface area (Å²) < 4.78 is 39.1. The fraction of sp³-hybridized carbons (Fsp3) is 0.259. The molecule has 2 aromatic carbocycles. The second-order valence-corrected chi connectivity index (χ2v) is 8.61. The minimum absolute atomic E-state index is 0.0747. The molecule has 0 saturated carbocycles. The lowest BCUT2D eigenvalue weighted by Gasteiger charge is -2.33. The van der Waals surface area contributed by atoms with E-state index in [9.17, 15) is 13.2 Å². The van der Waals surface area contributed by atoms with E-state index in [0.29, 0.717) is 43.2 Å². The van der Waals surface area contributed by atoms with Crippen molar-refractivity contribution in [3.05, 3.63) is 108 Å². The molecule has 0 bridgehead atoms. The van der Waals surface area contributed by atoms with Crippen LogP contribution in [-0.2, 0) is 6.18 Å². The predicted molar refractivity (Wildman–Crippen MR) is 133 cm³/mol. The van der Waals surface area contributed by atoms with Gasteiger partial charge in [-0.3, -0.25) is 9.98 Å². The summed E-state index contributed by atoms with van der Waals surface area (Å²) in [5.74, 6) is 0.412. The average Bonchev–Trinajstić information content (AvgIpc) is 2.88. The first-order chi connectivity index (χ1) is 16.8. The van der Waals surface area contributed by atoms with Crippen LogP contribution in [0.3, 0.4) is 0 Å². The molecule has 1 aromatic heterocycles. The minimum atomic E-state index is -4.41. The Morgan fingerprint density at radius 3 is 2.06 bits per heavy atom. The molecule has 3 aromatic rings. The number of hydrogen-bond donors (Lipinski definition) is 2. The number of aromatic nitrogens is 1. The number of nitrogens with zero attached hydrogens (tertiary/aromatic N) is 3. The van der Waals surface area contributed by atoms with Gasteiger partial charge in [-0.15, -0.1) is 0 Å². The second kappa shape index (κ2) is 10.6. The highest BCUT2D eigenvalue weighted by molar-refractivity contribution is 5.92. The van der Waals surface area contributed by atoms with Gasteiger partial charge in [-0.2, -0.15) is 13.2 Å². The molecular weight excluding hydrogens is 451 g/mol. The number of nitrogens with two attached hydrogens (primary N) is 2. The van der Waals surface area contributed by atoms with Crippen LogP contribution in [0, 0.1) is 5.92 Å². The first-order valence-electron chi connectivity index (χ1n) is 11.5. The van der Waals surface area contributed by atoms with E-state index in [4.69, 9.17) is 16.5 Å². The average molecular weight is 480 g/mol. The van der Waals surface area contributed by atoms with Gasteiger partial charge in [-0.25, -0.2) is 0 Å². The maximum Gasteiger partial charge on any atom is 0.417 e. The smallest absolute Gasteiger partial charge is 0.402 e. The molecule has 0 radical (unpaired) electrons. The summed E-state index contributed by atoms with van der Waals surface area (Å²) >= 11 is 0. The Morgan fingerprint density at radius 2 is 1.51 bits per heavy atom. The Labute approximate surface area is 203 Å². The Balaban J connectivity index is 1.46. The third-order valence-corrected chi connectivity index (χ3v) is 6.21. The number of hydrogen-bond acceptors (Lipinski definition) is 4. The molecule has 182 valence electrons. The summed E-state index contributed by atoms with van der Waals surface area (Å²) in [6, 6.07) is 20.7. The predicted octanol–water partition coefficient (Wildman–Crippen LogP) is 5.31. The van der Waals surface area contributed by atoms with Crippen molar-refractivity contribution in [2.75, 3.05) is 18.0 Å². The third-order valence-electron chi connectivity index (χ3n) is 6.21. The van der Waals surface area contributed by atoms with E-state index in [-0.39, 0.29) is 12.0 Å². The van der Waals surface area contributed by atoms with Gasteiger partial charge in [0.2, 0.25) is 0 Å². The van der Waals surface area contributed by atoms with E-state index in [1.54, 1.807) is 6.08 Å². The normalized spacial score (nSPS) is 16.1. The largest absolute Gasteiger partial charge is 0.417 e. The number of benzene rings is 2. The van der Waals surface area contributed by atoms with E-state index in [1.807, 2.05) is 65.6 Å². The summed E-state index contributed by atoms with van der Waals surface area (Å²) in [6.07, 6.45) is 1.01. The van der Waals surface area contributed by atoms with Crippen LogP contribution in [0.25, 0.3) is 0 Å². The summed E-state index contributed by atoms with van der Waals surface area (Å²) in [6.45, 7) is 1.16. The second-order valence-electron chi connectivity index (χ2n) is 8.61. The van der Waals surface area contributed by atoms with E-state index in [0.717, 1.165) is 23.4 Å². The molecule has 1 saturated heterocycles. The monoisotopic (exact) mass is 479 g/mol. The molecule has 0 unspecified atom stereocenters. The lowest BCUT2D eigenvalue weighted by Crippen LogP contribution is -2.36. The number of halogens is 3. The zero-order chi connectivity index (χ0) is 24.8. The number of amidine groups is 1. The van der Waals surface area contributed by atoms with E-state index >= 15 is 0 Å². The van der Waals surface area contributed by atoms with Crippen molar-refractivity contribution in [3.8, 4) is 0 Å². The Morgan fingerprint density at radius 1 is 0.943 bits per heavy atom. The first kappa shape index (κ1) is 24.3. The van der Waals surface area contributed by atoms with Crippen LogP contribution in [0.15, 0.2) is 95.9 Å². The summed E-state index contributed by atoms with van der Waals surface area (Å²) in [5.41, 5.74) is 15.1. The molecule has 2 heterocycles. The zero-order valence-electron chi connectivity index (χ0n) is 19.2. The van der Waals surface area contributed by atoms with Crippen LogP contribution in [-0.4, -0.2) is 23.9 Å². The minimum Gasteiger partial charge on any atom is -0.402 e. The number of alkyl halides is 3. The third kappa shape index (κ3) is 6.20. The molecule has 35 heavy (non-hydrogen) atoms. The van der Waals surface area contributed by atoms with Crippen LogP contribution in [0.4, 0.5) is 18.9 Å². The van der Waals surface area contributed by atoms with Gasteiger partial charge in [0.25, 0.3) is 0 Å². The van der Waals surface area contributed by atoms with Gasteiger partial charge in [-0.1, -0.05) is 60.7 Å². The van der Waals surface area contributed by atoms with Crippen LogP contribution >= 0.6 is 0 Å². The van der Waals surface area contributed by atoms with Crippen LogP contribution in [0.5, 0.6) is 0 Å². The van der Waals surface area contributed by atoms with E-state index in [1.165, 1.54) is 6.20 Å². The lowest BCUT2D eigenvalue weighted by atomic mass is 9.93. The highest BCUT2D eigenvalue weighted by Crippen LogP contribution is 2.32. The molecule has 0 amide bonds. The van der Waals surface area contributed by atoms with Crippen molar-refractivity contribution in [2.24, 2.45) is 22.4 Å². The maximum absolute atomic E-state index is 13.0. The fourth-order valence-corrected chi connectivity index (χ4v) is 4.31. The Bertz CT molecular complexity index is 1130. The van der Waals surface area contributed by atoms with Crippen molar-refractivity contribution < 1.29 is 13.2 Å². The molecule has 5 nitrogen and oxygen atoms in total. The Kier molecular flexibility index (Phi) is 7.39. The van der Waals surface area contributed by atoms with Crippen LogP contribution < -0.4 is 16.4 Å². The standard InChI is InChI=1S/C27H28F3N5/c28-27(29,30)22-15-23(18-33-17-22)35-13-11-19(12-14-35)24(31)16-25(32)34-26(20-7-3-1-4-8-20)21-9-5-2-6-10-21/h1-10,15-19,26H,11-14,31H2,(H2,32,34). The SMILES string of the molecule is NC(=CC(N)=NC(c1ccccc1)c1ccccc1)C1CCN(c2cncc(C(F)(F)F)c2)CC1. The van der Waals surface area contributed by atoms with Crippen molar-refractivity contribution >= 4 is 11.5 Å². The van der Waals surface area contributed by atoms with Gasteiger partial charge in [0.15, 0.2) is 0 Å². The summed E-state index contributed by atoms with van der Waals surface area (Å²) in [5, 5.41) is 0. The lowest BCUT2D eigenvalue weighted by molar-refractivity contribution is -0.137. The summed E-state index contributed by atoms with van der Waals surface area (Å²) in [4.78, 5) is 10.4. The molecular formula is C27H28F3N5. The van der Waals surface area contributed by atoms with Crippen LogP contribution in [0.2, 0.25) is 0 Å². The number of piperidine rings is 1. The number of allylic oxidation sites excluding steroid dienone is 1. The maximum atomic E-state index is 13.0. The molecule has 8 heteroatoms. The van der Waals surface area contributed by atoms with Crippen molar-refractivity contribution in [3.63, 3.8) is 0 Å². The summed E-state index contributed by atoms with van der Waals surface area (Å²) in [7, 11) is 0. The van der Waals surface area contributed by atoms with E-state index in [2.05, 4.69) is 4.98 Å². The van der Waals surface area contributed by atoms with E-state index < -0.39 is 11.7 Å². The zero-order valence-corrected chi connectivity index (χ0v) is 19.2. The highest BCUT2D eigenvalue weighted by atomic mass is 19.4.